The van der Waals surface area contributed by atoms with Crippen LogP contribution in [0.25, 0.3) is 0 Å². The van der Waals surface area contributed by atoms with E-state index in [2.05, 4.69) is 20.4 Å². The molecule has 0 radical (unpaired) electrons. The number of carbonyl (C=O) groups excluding carboxylic acids is 1. The monoisotopic (exact) mass is 392 g/mol. The van der Waals surface area contributed by atoms with Crippen LogP contribution >= 0.6 is 11.8 Å². The fourth-order valence-corrected chi connectivity index (χ4v) is 3.45. The summed E-state index contributed by atoms with van der Waals surface area (Å²) < 4.78 is 7.19. The summed E-state index contributed by atoms with van der Waals surface area (Å²) in [4.78, 5) is 24.9. The average Bonchev–Trinajstić information content (AvgIpc) is 3.03. The highest BCUT2D eigenvalue weighted by Gasteiger charge is 2.19. The molecule has 0 unspecified atom stereocenters. The summed E-state index contributed by atoms with van der Waals surface area (Å²) in [6.45, 7) is 4.42. The third-order valence-electron chi connectivity index (χ3n) is 4.21. The molecule has 1 aromatic carbocycles. The average molecular weight is 392 g/mol. The molecule has 1 aromatic heterocycles. The molecule has 0 bridgehead atoms. The van der Waals surface area contributed by atoms with Gasteiger partial charge in [0, 0.05) is 26.2 Å². The number of nitrogens with zero attached hydrogens (tertiary/aromatic N) is 5. The number of nitro groups is 1. The molecule has 1 amide bonds. The van der Waals surface area contributed by atoms with Gasteiger partial charge < -0.3 is 15.0 Å². The van der Waals surface area contributed by atoms with Gasteiger partial charge in [-0.1, -0.05) is 17.8 Å². The molecule has 0 aliphatic carbocycles. The number of morpholine rings is 1. The summed E-state index contributed by atoms with van der Waals surface area (Å²) in [7, 11) is 1.86. The Morgan fingerprint density at radius 2 is 2.11 bits per heavy atom. The molecular weight excluding hydrogens is 372 g/mol. The maximum absolute atomic E-state index is 12.3. The van der Waals surface area contributed by atoms with Crippen LogP contribution in [0.5, 0.6) is 0 Å². The highest BCUT2D eigenvalue weighted by atomic mass is 32.2. The molecule has 2 heterocycles. The second kappa shape index (κ2) is 8.35. The zero-order valence-corrected chi connectivity index (χ0v) is 15.9. The standard InChI is InChI=1S/C16H20N6O4S/c1-11-12(4-3-5-13(11)22(24)25)17-14(23)10-27-16-19-18-15(20(16)2)21-6-8-26-9-7-21/h3-5H,6-10H2,1-2H3,(H,17,23). The summed E-state index contributed by atoms with van der Waals surface area (Å²) >= 11 is 1.26. The van der Waals surface area contributed by atoms with Gasteiger partial charge in [-0.05, 0) is 13.0 Å². The minimum atomic E-state index is -0.466. The van der Waals surface area contributed by atoms with E-state index >= 15 is 0 Å². The number of rotatable bonds is 6. The SMILES string of the molecule is Cc1c(NC(=O)CSc2nnc(N3CCOCC3)n2C)cccc1[N+](=O)[O-]. The number of amides is 1. The lowest BCUT2D eigenvalue weighted by Crippen LogP contribution is -2.37. The number of carbonyl (C=O) groups is 1. The third-order valence-corrected chi connectivity index (χ3v) is 5.23. The Labute approximate surface area is 160 Å². The first-order valence-corrected chi connectivity index (χ1v) is 9.34. The maximum Gasteiger partial charge on any atom is 0.274 e. The lowest BCUT2D eigenvalue weighted by Gasteiger charge is -2.27. The van der Waals surface area contributed by atoms with Crippen molar-refractivity contribution in [1.29, 1.82) is 0 Å². The normalized spacial score (nSPS) is 14.2. The van der Waals surface area contributed by atoms with E-state index in [1.165, 1.54) is 17.8 Å². The van der Waals surface area contributed by atoms with Crippen LogP contribution < -0.4 is 10.2 Å². The van der Waals surface area contributed by atoms with Crippen LogP contribution in [0.1, 0.15) is 5.56 Å². The first kappa shape index (κ1) is 19.1. The molecule has 1 aliphatic rings. The second-order valence-electron chi connectivity index (χ2n) is 5.98. The molecule has 1 saturated heterocycles. The van der Waals surface area contributed by atoms with Crippen LogP contribution in [0, 0.1) is 17.0 Å². The van der Waals surface area contributed by atoms with Crippen molar-refractivity contribution in [1.82, 2.24) is 14.8 Å². The van der Waals surface area contributed by atoms with Crippen molar-refractivity contribution in [2.45, 2.75) is 12.1 Å². The van der Waals surface area contributed by atoms with Crippen LogP contribution in [0.4, 0.5) is 17.3 Å². The van der Waals surface area contributed by atoms with Gasteiger partial charge in [-0.15, -0.1) is 10.2 Å². The van der Waals surface area contributed by atoms with Gasteiger partial charge in [0.2, 0.25) is 11.9 Å². The largest absolute Gasteiger partial charge is 0.378 e. The number of benzene rings is 1. The Morgan fingerprint density at radius 3 is 2.81 bits per heavy atom. The summed E-state index contributed by atoms with van der Waals surface area (Å²) in [5.74, 6) is 0.604. The lowest BCUT2D eigenvalue weighted by molar-refractivity contribution is -0.385. The molecule has 2 aromatic rings. The van der Waals surface area contributed by atoms with E-state index in [0.29, 0.717) is 29.6 Å². The van der Waals surface area contributed by atoms with E-state index in [-0.39, 0.29) is 17.3 Å². The molecule has 27 heavy (non-hydrogen) atoms. The minimum Gasteiger partial charge on any atom is -0.378 e. The van der Waals surface area contributed by atoms with Gasteiger partial charge in [-0.25, -0.2) is 0 Å². The molecule has 3 rings (SSSR count). The molecule has 1 fully saturated rings. The van der Waals surface area contributed by atoms with Gasteiger partial charge in [-0.3, -0.25) is 19.5 Å². The van der Waals surface area contributed by atoms with Crippen molar-refractivity contribution in [2.75, 3.05) is 42.3 Å². The van der Waals surface area contributed by atoms with Crippen molar-refractivity contribution in [3.8, 4) is 0 Å². The van der Waals surface area contributed by atoms with Crippen molar-refractivity contribution in [3.63, 3.8) is 0 Å². The maximum atomic E-state index is 12.3. The Balaban J connectivity index is 1.61. The number of nitro benzene ring substituents is 1. The number of aromatic nitrogens is 3. The molecular formula is C16H20N6O4S. The van der Waals surface area contributed by atoms with Crippen LogP contribution in [-0.4, -0.2) is 57.7 Å². The zero-order valence-electron chi connectivity index (χ0n) is 15.0. The minimum absolute atomic E-state index is 0.0242. The van der Waals surface area contributed by atoms with Crippen LogP contribution in [0.15, 0.2) is 23.4 Å². The Hall–Kier alpha value is -2.66. The summed E-state index contributed by atoms with van der Waals surface area (Å²) in [6, 6.07) is 4.60. The molecule has 0 spiro atoms. The number of hydrogen-bond acceptors (Lipinski definition) is 8. The van der Waals surface area contributed by atoms with Gasteiger partial charge in [-0.2, -0.15) is 0 Å². The summed E-state index contributed by atoms with van der Waals surface area (Å²) in [6.07, 6.45) is 0. The molecule has 0 saturated carbocycles. The van der Waals surface area contributed by atoms with Crippen molar-refractivity contribution in [3.05, 3.63) is 33.9 Å². The van der Waals surface area contributed by atoms with Gasteiger partial charge in [0.05, 0.1) is 35.1 Å². The lowest BCUT2D eigenvalue weighted by atomic mass is 10.1. The van der Waals surface area contributed by atoms with E-state index in [1.54, 1.807) is 19.1 Å². The molecule has 11 heteroatoms. The molecule has 0 atom stereocenters. The van der Waals surface area contributed by atoms with Gasteiger partial charge in [0.25, 0.3) is 5.69 Å². The predicted octanol–water partition coefficient (Wildman–Crippen LogP) is 1.60. The first-order chi connectivity index (χ1) is 13.0. The van der Waals surface area contributed by atoms with E-state index in [9.17, 15) is 14.9 Å². The van der Waals surface area contributed by atoms with Gasteiger partial charge in [0.15, 0.2) is 5.16 Å². The van der Waals surface area contributed by atoms with E-state index in [1.807, 2.05) is 11.6 Å². The number of ether oxygens (including phenoxy) is 1. The van der Waals surface area contributed by atoms with Crippen LogP contribution in [0.2, 0.25) is 0 Å². The van der Waals surface area contributed by atoms with E-state index in [4.69, 9.17) is 4.74 Å². The second-order valence-corrected chi connectivity index (χ2v) is 6.93. The molecule has 144 valence electrons. The highest BCUT2D eigenvalue weighted by Crippen LogP contribution is 2.26. The number of hydrogen-bond donors (Lipinski definition) is 1. The molecule has 1 N–H and O–H groups in total. The Kier molecular flexibility index (Phi) is 5.91. The summed E-state index contributed by atoms with van der Waals surface area (Å²) in [5, 5.41) is 22.7. The van der Waals surface area contributed by atoms with Crippen LogP contribution in [0.3, 0.4) is 0 Å². The first-order valence-electron chi connectivity index (χ1n) is 8.36. The number of nitrogens with one attached hydrogen (secondary N) is 1. The predicted molar refractivity (Wildman–Crippen MR) is 101 cm³/mol. The fraction of sp³-hybridized carbons (Fsp3) is 0.438. The number of anilines is 2. The van der Waals surface area contributed by atoms with E-state index in [0.717, 1.165) is 19.0 Å². The number of thioether (sulfide) groups is 1. The van der Waals surface area contributed by atoms with Crippen LogP contribution in [-0.2, 0) is 16.6 Å². The molecule has 1 aliphatic heterocycles. The highest BCUT2D eigenvalue weighted by molar-refractivity contribution is 7.99. The zero-order chi connectivity index (χ0) is 19.4. The summed E-state index contributed by atoms with van der Waals surface area (Å²) in [5.41, 5.74) is 0.833. The van der Waals surface area contributed by atoms with Crippen molar-refractivity contribution in [2.24, 2.45) is 7.05 Å². The molecule has 10 nitrogen and oxygen atoms in total. The Bertz CT molecular complexity index is 849. The van der Waals surface area contributed by atoms with Gasteiger partial charge >= 0.3 is 0 Å². The van der Waals surface area contributed by atoms with E-state index < -0.39 is 4.92 Å². The Morgan fingerprint density at radius 1 is 1.37 bits per heavy atom. The topological polar surface area (TPSA) is 115 Å². The third kappa shape index (κ3) is 4.37. The van der Waals surface area contributed by atoms with Gasteiger partial charge in [0.1, 0.15) is 0 Å². The van der Waals surface area contributed by atoms with Crippen molar-refractivity contribution < 1.29 is 14.5 Å². The quantitative estimate of drug-likeness (QED) is 0.448. The van der Waals surface area contributed by atoms with Crippen molar-refractivity contribution >= 4 is 35.0 Å². The smallest absolute Gasteiger partial charge is 0.274 e. The fourth-order valence-electron chi connectivity index (χ4n) is 2.74.